The van der Waals surface area contributed by atoms with E-state index in [1.54, 1.807) is 13.2 Å². The van der Waals surface area contributed by atoms with Crippen LogP contribution in [0.2, 0.25) is 0 Å². The van der Waals surface area contributed by atoms with E-state index in [2.05, 4.69) is 10.3 Å². The molecule has 0 fully saturated rings. The molecule has 0 bridgehead atoms. The SMILES string of the molecule is Cc1cc(C)c(NC(=O)CN(C)C(=O)CSCc2cc(=O)n3ccsc3n2)c(C)c1. The fourth-order valence-corrected chi connectivity index (χ4v) is 4.77. The Morgan fingerprint density at radius 2 is 1.90 bits per heavy atom. The molecule has 3 aromatic rings. The quantitative estimate of drug-likeness (QED) is 0.606. The van der Waals surface area contributed by atoms with Crippen molar-refractivity contribution in [3.05, 3.63) is 62.5 Å². The number of aromatic nitrogens is 2. The summed E-state index contributed by atoms with van der Waals surface area (Å²) in [6.45, 7) is 5.90. The van der Waals surface area contributed by atoms with Gasteiger partial charge < -0.3 is 10.2 Å². The second-order valence-electron chi connectivity index (χ2n) is 7.21. The summed E-state index contributed by atoms with van der Waals surface area (Å²) in [5.41, 5.74) is 4.45. The van der Waals surface area contributed by atoms with Gasteiger partial charge in [0.2, 0.25) is 11.8 Å². The zero-order valence-corrected chi connectivity index (χ0v) is 19.0. The molecular weight excluding hydrogens is 420 g/mol. The fraction of sp³-hybridized carbons (Fsp3) is 0.333. The number of amides is 2. The van der Waals surface area contributed by atoms with Crippen molar-refractivity contribution in [1.82, 2.24) is 14.3 Å². The molecule has 0 radical (unpaired) electrons. The van der Waals surface area contributed by atoms with Gasteiger partial charge in [-0.3, -0.25) is 18.8 Å². The summed E-state index contributed by atoms with van der Waals surface area (Å²) < 4.78 is 1.49. The number of fused-ring (bicyclic) bond motifs is 1. The minimum Gasteiger partial charge on any atom is -0.336 e. The van der Waals surface area contributed by atoms with Crippen LogP contribution in [-0.2, 0) is 15.3 Å². The van der Waals surface area contributed by atoms with Crippen molar-refractivity contribution in [3.63, 3.8) is 0 Å². The number of nitrogens with zero attached hydrogens (tertiary/aromatic N) is 3. The molecule has 0 saturated carbocycles. The summed E-state index contributed by atoms with van der Waals surface area (Å²) in [6, 6.07) is 5.52. The molecule has 0 aliphatic rings. The highest BCUT2D eigenvalue weighted by Gasteiger charge is 2.15. The van der Waals surface area contributed by atoms with Gasteiger partial charge in [-0.2, -0.15) is 0 Å². The first kappa shape index (κ1) is 22.0. The molecule has 7 nitrogen and oxygen atoms in total. The topological polar surface area (TPSA) is 83.8 Å². The van der Waals surface area contributed by atoms with E-state index in [1.165, 1.54) is 38.5 Å². The van der Waals surface area contributed by atoms with Gasteiger partial charge in [-0.25, -0.2) is 4.98 Å². The number of hydrogen-bond acceptors (Lipinski definition) is 6. The number of rotatable bonds is 7. The minimum absolute atomic E-state index is 0.0209. The van der Waals surface area contributed by atoms with Gasteiger partial charge in [0.15, 0.2) is 4.96 Å². The molecule has 0 spiro atoms. The molecule has 2 aromatic heterocycles. The van der Waals surface area contributed by atoms with E-state index >= 15 is 0 Å². The van der Waals surface area contributed by atoms with Crippen molar-refractivity contribution in [3.8, 4) is 0 Å². The smallest absolute Gasteiger partial charge is 0.258 e. The van der Waals surface area contributed by atoms with Crippen LogP contribution in [0.1, 0.15) is 22.4 Å². The van der Waals surface area contributed by atoms with E-state index in [-0.39, 0.29) is 29.7 Å². The highest BCUT2D eigenvalue weighted by atomic mass is 32.2. The van der Waals surface area contributed by atoms with Gasteiger partial charge in [0.05, 0.1) is 18.0 Å². The van der Waals surface area contributed by atoms with Gasteiger partial charge in [-0.05, 0) is 31.9 Å². The van der Waals surface area contributed by atoms with Crippen molar-refractivity contribution in [1.29, 1.82) is 0 Å². The van der Waals surface area contributed by atoms with Crippen LogP contribution in [0.5, 0.6) is 0 Å². The number of carbonyl (C=O) groups is 2. The van der Waals surface area contributed by atoms with Gasteiger partial charge in [-0.1, -0.05) is 17.7 Å². The van der Waals surface area contributed by atoms with E-state index in [0.29, 0.717) is 16.4 Å². The van der Waals surface area contributed by atoms with Gasteiger partial charge in [0.25, 0.3) is 5.56 Å². The van der Waals surface area contributed by atoms with E-state index in [4.69, 9.17) is 0 Å². The molecule has 0 saturated heterocycles. The van der Waals surface area contributed by atoms with Gasteiger partial charge in [0, 0.05) is 36.1 Å². The van der Waals surface area contributed by atoms with Crippen LogP contribution < -0.4 is 10.9 Å². The summed E-state index contributed by atoms with van der Waals surface area (Å²) in [5, 5.41) is 4.72. The molecule has 1 aromatic carbocycles. The number of thiazole rings is 1. The number of carbonyl (C=O) groups excluding carboxylic acids is 2. The predicted octanol–water partition coefficient (Wildman–Crippen LogP) is 3.01. The molecule has 2 amide bonds. The standard InChI is InChI=1S/C21H24N4O3S2/c1-13-7-14(2)20(15(3)8-13)23-17(26)10-24(4)19(28)12-29-11-16-9-18(27)25-5-6-30-21(25)22-16/h5-9H,10-12H2,1-4H3,(H,23,26). The van der Waals surface area contributed by atoms with Gasteiger partial charge >= 0.3 is 0 Å². The number of anilines is 1. The summed E-state index contributed by atoms with van der Waals surface area (Å²) in [5.74, 6) is 0.278. The number of nitrogens with one attached hydrogen (secondary N) is 1. The molecule has 9 heteroatoms. The molecule has 0 atom stereocenters. The van der Waals surface area contributed by atoms with E-state index < -0.39 is 0 Å². The maximum absolute atomic E-state index is 12.4. The summed E-state index contributed by atoms with van der Waals surface area (Å²) >= 11 is 2.76. The van der Waals surface area contributed by atoms with Crippen LogP contribution in [0.3, 0.4) is 0 Å². The van der Waals surface area contributed by atoms with Gasteiger partial charge in [-0.15, -0.1) is 23.1 Å². The second kappa shape index (κ2) is 9.44. The number of likely N-dealkylation sites (N-methyl/N-ethyl adjacent to an activating group) is 1. The Bertz CT molecular complexity index is 1130. The summed E-state index contributed by atoms with van der Waals surface area (Å²) in [6.07, 6.45) is 1.69. The van der Waals surface area contributed by atoms with Crippen LogP contribution in [0, 0.1) is 20.8 Å². The molecule has 3 rings (SSSR count). The lowest BCUT2D eigenvalue weighted by atomic mass is 10.1. The largest absolute Gasteiger partial charge is 0.336 e. The first-order chi connectivity index (χ1) is 14.2. The Morgan fingerprint density at radius 3 is 2.60 bits per heavy atom. The Hall–Kier alpha value is -2.65. The third-order valence-electron chi connectivity index (χ3n) is 4.58. The highest BCUT2D eigenvalue weighted by molar-refractivity contribution is 7.99. The zero-order valence-electron chi connectivity index (χ0n) is 17.4. The number of thioether (sulfide) groups is 1. The van der Waals surface area contributed by atoms with Crippen molar-refractivity contribution in [2.24, 2.45) is 0 Å². The molecule has 0 aliphatic carbocycles. The fourth-order valence-electron chi connectivity index (χ4n) is 3.17. The molecule has 158 valence electrons. The number of aryl methyl sites for hydroxylation is 3. The van der Waals surface area contributed by atoms with E-state index in [9.17, 15) is 14.4 Å². The average molecular weight is 445 g/mol. The first-order valence-corrected chi connectivity index (χ1v) is 11.4. The van der Waals surface area contributed by atoms with Crippen molar-refractivity contribution in [2.75, 3.05) is 24.7 Å². The zero-order chi connectivity index (χ0) is 21.8. The lowest BCUT2D eigenvalue weighted by Crippen LogP contribution is -2.36. The maximum Gasteiger partial charge on any atom is 0.258 e. The second-order valence-corrected chi connectivity index (χ2v) is 9.06. The van der Waals surface area contributed by atoms with E-state index in [0.717, 1.165) is 22.4 Å². The molecule has 30 heavy (non-hydrogen) atoms. The molecule has 0 aliphatic heterocycles. The van der Waals surface area contributed by atoms with Crippen molar-refractivity contribution >= 4 is 45.6 Å². The third kappa shape index (κ3) is 5.28. The van der Waals surface area contributed by atoms with Crippen molar-refractivity contribution in [2.45, 2.75) is 26.5 Å². The number of benzene rings is 1. The highest BCUT2D eigenvalue weighted by Crippen LogP contribution is 2.22. The van der Waals surface area contributed by atoms with Crippen LogP contribution in [0.4, 0.5) is 5.69 Å². The van der Waals surface area contributed by atoms with Gasteiger partial charge in [0.1, 0.15) is 0 Å². The van der Waals surface area contributed by atoms with Crippen LogP contribution in [0.15, 0.2) is 34.6 Å². The molecule has 0 unspecified atom stereocenters. The van der Waals surface area contributed by atoms with Crippen LogP contribution in [0.25, 0.3) is 4.96 Å². The summed E-state index contributed by atoms with van der Waals surface area (Å²) in [7, 11) is 1.61. The monoisotopic (exact) mass is 444 g/mol. The molecule has 1 N–H and O–H groups in total. The normalized spacial score (nSPS) is 10.9. The van der Waals surface area contributed by atoms with E-state index in [1.807, 2.05) is 38.3 Å². The maximum atomic E-state index is 12.4. The van der Waals surface area contributed by atoms with Crippen molar-refractivity contribution < 1.29 is 9.59 Å². The lowest BCUT2D eigenvalue weighted by molar-refractivity contribution is -0.131. The van der Waals surface area contributed by atoms with Crippen LogP contribution >= 0.6 is 23.1 Å². The molecular formula is C21H24N4O3S2. The third-order valence-corrected chi connectivity index (χ3v) is 6.29. The Morgan fingerprint density at radius 1 is 1.20 bits per heavy atom. The Kier molecular flexibility index (Phi) is 6.94. The Balaban J connectivity index is 1.50. The summed E-state index contributed by atoms with van der Waals surface area (Å²) in [4.78, 5) is 43.2. The lowest BCUT2D eigenvalue weighted by Gasteiger charge is -2.18. The predicted molar refractivity (Wildman–Crippen MR) is 122 cm³/mol. The average Bonchev–Trinajstić information content (AvgIpc) is 3.13. The number of hydrogen-bond donors (Lipinski definition) is 1. The van der Waals surface area contributed by atoms with Crippen LogP contribution in [-0.4, -0.2) is 45.4 Å². The first-order valence-electron chi connectivity index (χ1n) is 9.40. The Labute approximate surface area is 183 Å². The minimum atomic E-state index is -0.233. The molecule has 2 heterocycles.